The fourth-order valence-corrected chi connectivity index (χ4v) is 1.63. The van der Waals surface area contributed by atoms with E-state index in [9.17, 15) is 9.59 Å². The normalized spacial score (nSPS) is 11.5. The van der Waals surface area contributed by atoms with Crippen LogP contribution in [0.1, 0.15) is 6.92 Å². The van der Waals surface area contributed by atoms with Gasteiger partial charge in [0.1, 0.15) is 12.4 Å². The molecule has 0 fully saturated rings. The Morgan fingerprint density at radius 1 is 1.33 bits per heavy atom. The summed E-state index contributed by atoms with van der Waals surface area (Å²) in [5, 5.41) is 2.47. The Hall–Kier alpha value is -1.31. The molecule has 1 rings (SSSR count). The van der Waals surface area contributed by atoms with Crippen molar-refractivity contribution in [2.24, 2.45) is 0 Å². The van der Waals surface area contributed by atoms with E-state index in [0.717, 1.165) is 3.57 Å². The molecule has 0 aromatic heterocycles. The average molecular weight is 363 g/mol. The minimum Gasteiger partial charge on any atom is -0.491 e. The molecule has 1 N–H and O–H groups in total. The number of ether oxygens (including phenoxy) is 2. The minimum atomic E-state index is -0.799. The Balaban J connectivity index is 2.58. The summed E-state index contributed by atoms with van der Waals surface area (Å²) in [5.41, 5.74) is 0. The maximum Gasteiger partial charge on any atom is 0.331 e. The largest absolute Gasteiger partial charge is 0.491 e. The molecule has 6 heteroatoms. The zero-order valence-electron chi connectivity index (χ0n) is 10.1. The highest BCUT2D eigenvalue weighted by Gasteiger charge is 2.20. The van der Waals surface area contributed by atoms with Crippen LogP contribution in [0.5, 0.6) is 5.75 Å². The third-order valence-electron chi connectivity index (χ3n) is 2.09. The van der Waals surface area contributed by atoms with Crippen LogP contribution in [0, 0.1) is 3.57 Å². The van der Waals surface area contributed by atoms with Crippen LogP contribution in [-0.2, 0) is 14.3 Å². The molecule has 0 heterocycles. The summed E-state index contributed by atoms with van der Waals surface area (Å²) in [6, 6.07) is 6.57. The lowest BCUT2D eigenvalue weighted by molar-refractivity contribution is -0.145. The highest BCUT2D eigenvalue weighted by molar-refractivity contribution is 14.1. The standard InChI is InChI=1S/C12H14INO4/c1-8(15)14-11(12(16)17-2)7-18-10-5-3-9(13)4-6-10/h3-6,11H,7H2,1-2H3,(H,14,15). The number of carbonyl (C=O) groups is 2. The maximum atomic E-state index is 11.4. The lowest BCUT2D eigenvalue weighted by Gasteiger charge is -2.16. The Labute approximate surface area is 119 Å². The van der Waals surface area contributed by atoms with Crippen molar-refractivity contribution in [1.29, 1.82) is 0 Å². The first-order chi connectivity index (χ1) is 8.52. The van der Waals surface area contributed by atoms with Gasteiger partial charge in [0.15, 0.2) is 6.04 Å². The number of amides is 1. The molecule has 0 radical (unpaired) electrons. The first-order valence-electron chi connectivity index (χ1n) is 5.26. The van der Waals surface area contributed by atoms with Gasteiger partial charge in [-0.25, -0.2) is 4.79 Å². The van der Waals surface area contributed by atoms with Crippen molar-refractivity contribution in [3.63, 3.8) is 0 Å². The quantitative estimate of drug-likeness (QED) is 0.634. The van der Waals surface area contributed by atoms with Crippen LogP contribution in [-0.4, -0.2) is 31.6 Å². The lowest BCUT2D eigenvalue weighted by Crippen LogP contribution is -2.44. The molecular weight excluding hydrogens is 349 g/mol. The van der Waals surface area contributed by atoms with Gasteiger partial charge in [0.25, 0.3) is 0 Å². The molecule has 18 heavy (non-hydrogen) atoms. The number of carbonyl (C=O) groups excluding carboxylic acids is 2. The van der Waals surface area contributed by atoms with Gasteiger partial charge in [-0.1, -0.05) is 0 Å². The van der Waals surface area contributed by atoms with Gasteiger partial charge in [-0.3, -0.25) is 4.79 Å². The van der Waals surface area contributed by atoms with Crippen molar-refractivity contribution >= 4 is 34.5 Å². The fourth-order valence-electron chi connectivity index (χ4n) is 1.27. The van der Waals surface area contributed by atoms with Gasteiger partial charge in [-0.15, -0.1) is 0 Å². The van der Waals surface area contributed by atoms with E-state index >= 15 is 0 Å². The molecule has 1 unspecified atom stereocenters. The third kappa shape index (κ3) is 4.91. The van der Waals surface area contributed by atoms with Crippen molar-refractivity contribution < 1.29 is 19.1 Å². The van der Waals surface area contributed by atoms with Crippen LogP contribution in [0.25, 0.3) is 0 Å². The molecule has 98 valence electrons. The second-order valence-corrected chi connectivity index (χ2v) is 4.79. The zero-order valence-corrected chi connectivity index (χ0v) is 12.3. The molecule has 1 aromatic carbocycles. The molecular formula is C12H14INO4. The summed E-state index contributed by atoms with van der Waals surface area (Å²) < 4.78 is 11.1. The zero-order chi connectivity index (χ0) is 13.5. The summed E-state index contributed by atoms with van der Waals surface area (Å²) in [5.74, 6) is -0.206. The van der Waals surface area contributed by atoms with Crippen molar-refractivity contribution in [3.8, 4) is 5.75 Å². The van der Waals surface area contributed by atoms with Crippen molar-refractivity contribution in [3.05, 3.63) is 27.8 Å². The highest BCUT2D eigenvalue weighted by atomic mass is 127. The van der Waals surface area contributed by atoms with E-state index in [4.69, 9.17) is 4.74 Å². The third-order valence-corrected chi connectivity index (χ3v) is 2.81. The second kappa shape index (κ2) is 7.20. The number of benzene rings is 1. The van der Waals surface area contributed by atoms with E-state index in [0.29, 0.717) is 5.75 Å². The predicted molar refractivity (Wildman–Crippen MR) is 74.3 cm³/mol. The molecule has 0 saturated carbocycles. The Kier molecular flexibility index (Phi) is 5.90. The van der Waals surface area contributed by atoms with E-state index in [-0.39, 0.29) is 12.5 Å². The lowest BCUT2D eigenvalue weighted by atomic mass is 10.3. The Bertz CT molecular complexity index is 419. The average Bonchev–Trinajstić information content (AvgIpc) is 2.35. The smallest absolute Gasteiger partial charge is 0.331 e. The number of nitrogens with one attached hydrogen (secondary N) is 1. The summed E-state index contributed by atoms with van der Waals surface area (Å²) in [6.45, 7) is 1.37. The number of hydrogen-bond acceptors (Lipinski definition) is 4. The number of methoxy groups -OCH3 is 1. The molecule has 5 nitrogen and oxygen atoms in total. The number of hydrogen-bond donors (Lipinski definition) is 1. The fraction of sp³-hybridized carbons (Fsp3) is 0.333. The number of esters is 1. The molecule has 1 atom stereocenters. The summed E-state index contributed by atoms with van der Waals surface area (Å²) in [7, 11) is 1.27. The molecule has 0 aliphatic carbocycles. The van der Waals surface area contributed by atoms with Crippen molar-refractivity contribution in [1.82, 2.24) is 5.32 Å². The molecule has 0 aliphatic heterocycles. The maximum absolute atomic E-state index is 11.4. The minimum absolute atomic E-state index is 0.0346. The molecule has 1 amide bonds. The van der Waals surface area contributed by atoms with Gasteiger partial charge in [0, 0.05) is 10.5 Å². The van der Waals surface area contributed by atoms with E-state index in [1.807, 2.05) is 12.1 Å². The van der Waals surface area contributed by atoms with Crippen LogP contribution in [0.3, 0.4) is 0 Å². The van der Waals surface area contributed by atoms with Crippen LogP contribution in [0.15, 0.2) is 24.3 Å². The predicted octanol–water partition coefficient (Wildman–Crippen LogP) is 1.35. The first kappa shape index (κ1) is 14.7. The van der Waals surface area contributed by atoms with Crippen LogP contribution < -0.4 is 10.1 Å². The first-order valence-corrected chi connectivity index (χ1v) is 6.34. The van der Waals surface area contributed by atoms with Gasteiger partial charge < -0.3 is 14.8 Å². The number of halogens is 1. The Morgan fingerprint density at radius 2 is 1.94 bits per heavy atom. The van der Waals surface area contributed by atoms with E-state index in [1.165, 1.54) is 14.0 Å². The topological polar surface area (TPSA) is 64.6 Å². The molecule has 0 spiro atoms. The van der Waals surface area contributed by atoms with Gasteiger partial charge in [-0.05, 0) is 46.9 Å². The van der Waals surface area contributed by atoms with Gasteiger partial charge >= 0.3 is 5.97 Å². The molecule has 1 aromatic rings. The van der Waals surface area contributed by atoms with Gasteiger partial charge in [0.2, 0.25) is 5.91 Å². The van der Waals surface area contributed by atoms with Crippen molar-refractivity contribution in [2.75, 3.05) is 13.7 Å². The number of rotatable bonds is 5. The van der Waals surface area contributed by atoms with Gasteiger partial charge in [-0.2, -0.15) is 0 Å². The van der Waals surface area contributed by atoms with Crippen LogP contribution in [0.4, 0.5) is 0 Å². The Morgan fingerprint density at radius 3 is 2.44 bits per heavy atom. The molecule has 0 bridgehead atoms. The monoisotopic (exact) mass is 363 g/mol. The van der Waals surface area contributed by atoms with E-state index < -0.39 is 12.0 Å². The summed E-state index contributed by atoms with van der Waals surface area (Å²) >= 11 is 2.18. The SMILES string of the molecule is COC(=O)C(COc1ccc(I)cc1)NC(C)=O. The van der Waals surface area contributed by atoms with Crippen LogP contribution in [0.2, 0.25) is 0 Å². The highest BCUT2D eigenvalue weighted by Crippen LogP contribution is 2.13. The summed E-state index contributed by atoms with van der Waals surface area (Å²) in [6.07, 6.45) is 0. The van der Waals surface area contributed by atoms with E-state index in [1.54, 1.807) is 12.1 Å². The molecule has 0 saturated heterocycles. The van der Waals surface area contributed by atoms with Gasteiger partial charge in [0.05, 0.1) is 7.11 Å². The second-order valence-electron chi connectivity index (χ2n) is 3.54. The molecule has 0 aliphatic rings. The van der Waals surface area contributed by atoms with E-state index in [2.05, 4.69) is 32.6 Å². The van der Waals surface area contributed by atoms with Crippen LogP contribution >= 0.6 is 22.6 Å². The van der Waals surface area contributed by atoms with Crippen molar-refractivity contribution in [2.45, 2.75) is 13.0 Å². The summed E-state index contributed by atoms with van der Waals surface area (Å²) in [4.78, 5) is 22.4.